The fourth-order valence-electron chi connectivity index (χ4n) is 5.30. The lowest BCUT2D eigenvalue weighted by molar-refractivity contribution is -0.379. The lowest BCUT2D eigenvalue weighted by Gasteiger charge is -2.48. The number of hydrogen-bond donors (Lipinski definition) is 13. The molecule has 0 aromatic heterocycles. The summed E-state index contributed by atoms with van der Waals surface area (Å²) in [6.45, 7) is -1.72. The van der Waals surface area contributed by atoms with E-state index < -0.39 is 112 Å². The minimum Gasteiger partial charge on any atom is -0.394 e. The second kappa shape index (κ2) is 19.9. The van der Waals surface area contributed by atoms with Crippen LogP contribution >= 0.6 is 12.6 Å². The van der Waals surface area contributed by atoms with Gasteiger partial charge in [-0.2, -0.15) is 12.6 Å². The van der Waals surface area contributed by atoms with Crippen molar-refractivity contribution in [2.45, 2.75) is 111 Å². The molecule has 0 saturated carbocycles. The van der Waals surface area contributed by atoms with E-state index >= 15 is 0 Å². The van der Waals surface area contributed by atoms with Gasteiger partial charge in [0, 0.05) is 19.5 Å². The van der Waals surface area contributed by atoms with Crippen molar-refractivity contribution in [1.82, 2.24) is 10.6 Å². The van der Waals surface area contributed by atoms with E-state index in [1.165, 1.54) is 0 Å². The summed E-state index contributed by atoms with van der Waals surface area (Å²) in [4.78, 5) is 23.2. The minimum atomic E-state index is -1.95. The normalized spacial score (nSPS) is 40.4. The summed E-state index contributed by atoms with van der Waals surface area (Å²) in [7, 11) is 0. The molecule has 3 rings (SSSR count). The van der Waals surface area contributed by atoms with E-state index in [-0.39, 0.29) is 37.0 Å². The lowest BCUT2D eigenvalue weighted by atomic mass is 9.96. The Kier molecular flexibility index (Phi) is 17.0. The van der Waals surface area contributed by atoms with Crippen molar-refractivity contribution in [3.05, 3.63) is 0 Å². The first kappa shape index (κ1) is 41.1. The summed E-state index contributed by atoms with van der Waals surface area (Å²) in [6, 6.07) is 0. The molecule has 0 aliphatic carbocycles. The summed E-state index contributed by atoms with van der Waals surface area (Å²) < 4.78 is 33.0. The smallest absolute Gasteiger partial charge is 0.229 e. The first-order valence-corrected chi connectivity index (χ1v) is 16.1. The molecule has 0 bridgehead atoms. The molecule has 0 aromatic carbocycles. The van der Waals surface area contributed by atoms with Gasteiger partial charge in [-0.25, -0.2) is 0 Å². The van der Waals surface area contributed by atoms with E-state index in [2.05, 4.69) is 23.3 Å². The highest BCUT2D eigenvalue weighted by Gasteiger charge is 2.53. The van der Waals surface area contributed by atoms with Crippen LogP contribution in [0.15, 0.2) is 0 Å². The zero-order valence-electron chi connectivity index (χ0n) is 25.9. The van der Waals surface area contributed by atoms with Gasteiger partial charge in [-0.05, 0) is 12.8 Å². The van der Waals surface area contributed by atoms with Crippen molar-refractivity contribution in [1.29, 1.82) is 0 Å². The van der Waals surface area contributed by atoms with Crippen molar-refractivity contribution >= 4 is 24.4 Å². The summed E-state index contributed by atoms with van der Waals surface area (Å²) in [5.74, 6) is -0.426. The van der Waals surface area contributed by atoms with Gasteiger partial charge < -0.3 is 90.1 Å². The Bertz CT molecular complexity index is 983. The maximum Gasteiger partial charge on any atom is 0.229 e. The maximum atomic E-state index is 12.0. The number of nitrogens with one attached hydrogen (secondary N) is 2. The summed E-state index contributed by atoms with van der Waals surface area (Å²) >= 11 is 3.84. The van der Waals surface area contributed by atoms with Crippen molar-refractivity contribution in [2.24, 2.45) is 0 Å². The number of thiol groups is 1. The highest BCUT2D eigenvalue weighted by atomic mass is 32.1. The van der Waals surface area contributed by atoms with Crippen LogP contribution in [0.4, 0.5) is 0 Å². The van der Waals surface area contributed by atoms with Gasteiger partial charge in [-0.3, -0.25) is 9.59 Å². The molecule has 0 spiro atoms. The summed E-state index contributed by atoms with van der Waals surface area (Å²) in [5, 5.41) is 108. The Morgan fingerprint density at radius 1 is 0.583 bits per heavy atom. The Morgan fingerprint density at radius 2 is 1.04 bits per heavy atom. The van der Waals surface area contributed by atoms with Gasteiger partial charge in [0.15, 0.2) is 18.9 Å². The number of carbonyl (C=O) groups is 2. The molecule has 3 fully saturated rings. The number of aliphatic hydroxyl groups excluding tert-OH is 10. The molecule has 3 aliphatic rings. The predicted molar refractivity (Wildman–Crippen MR) is 159 cm³/mol. The Morgan fingerprint density at radius 3 is 1.56 bits per heavy atom. The first-order chi connectivity index (χ1) is 22.9. The topological polar surface area (TPSA) is 316 Å². The lowest BCUT2D eigenvalue weighted by Crippen LogP contribution is -2.66. The van der Waals surface area contributed by atoms with Crippen molar-refractivity contribution < 1.29 is 89.1 Å². The molecular weight excluding hydrogens is 672 g/mol. The van der Waals surface area contributed by atoms with E-state index in [0.717, 1.165) is 0 Å². The molecule has 0 aromatic rings. The molecule has 0 radical (unpaired) electrons. The van der Waals surface area contributed by atoms with Crippen LogP contribution in [0.5, 0.6) is 0 Å². The molecule has 12 N–H and O–H groups in total. The molecule has 3 aliphatic heterocycles. The number of amides is 2. The fraction of sp³-hybridized carbons (Fsp3) is 0.926. The zero-order chi connectivity index (χ0) is 35.5. The average molecular weight is 721 g/mol. The Balaban J connectivity index is 1.50. The molecule has 21 heteroatoms. The molecule has 2 amide bonds. The molecular formula is C27H48N2O18S. The highest BCUT2D eigenvalue weighted by Crippen LogP contribution is 2.32. The van der Waals surface area contributed by atoms with Gasteiger partial charge >= 0.3 is 0 Å². The Hall–Kier alpha value is -1.35. The van der Waals surface area contributed by atoms with Crippen LogP contribution < -0.4 is 10.6 Å². The molecule has 20 nitrogen and oxygen atoms in total. The van der Waals surface area contributed by atoms with Crippen molar-refractivity contribution in [3.63, 3.8) is 0 Å². The third kappa shape index (κ3) is 10.6. The van der Waals surface area contributed by atoms with E-state index in [9.17, 15) is 60.7 Å². The second-order valence-electron chi connectivity index (χ2n) is 11.5. The number of carbonyl (C=O) groups excluding carboxylic acids is 2. The predicted octanol–water partition coefficient (Wildman–Crippen LogP) is -7.22. The van der Waals surface area contributed by atoms with Gasteiger partial charge in [0.05, 0.1) is 32.2 Å². The van der Waals surface area contributed by atoms with Crippen molar-refractivity contribution in [3.8, 4) is 0 Å². The standard InChI is InChI=1S/C27H48N2O18S/c30-7-11-16(35)17(36)20(39)26(43-11)46-24-13(9-32)45-27(22(41)19(24)38)47-23-12(8-31)44-25(21(40)18(23)37)42-6-1-3-14(33)28-4-2-5-29-15(34)10-48/h11-13,16-27,30-32,35-41,48H,1-10H2,(H,28,33)(H,29,34)/t11?,12?,13?,16-,17-,18+,19+,20?,21?,22?,23-,24-,25+,26-,27-/m0/s1. The molecule has 48 heavy (non-hydrogen) atoms. The molecule has 280 valence electrons. The van der Waals surface area contributed by atoms with Crippen LogP contribution in [-0.4, -0.2) is 200 Å². The van der Waals surface area contributed by atoms with Gasteiger partial charge in [0.2, 0.25) is 11.8 Å². The van der Waals surface area contributed by atoms with Crippen LogP contribution in [0.25, 0.3) is 0 Å². The zero-order valence-corrected chi connectivity index (χ0v) is 26.8. The molecule has 3 heterocycles. The number of hydrogen-bond acceptors (Lipinski definition) is 19. The van der Waals surface area contributed by atoms with Crippen LogP contribution in [0.1, 0.15) is 19.3 Å². The van der Waals surface area contributed by atoms with Crippen molar-refractivity contribution in [2.75, 3.05) is 45.3 Å². The second-order valence-corrected chi connectivity index (χ2v) is 11.8. The Labute approximate surface area is 280 Å². The van der Waals surface area contributed by atoms with Crippen LogP contribution in [0, 0.1) is 0 Å². The van der Waals surface area contributed by atoms with Crippen LogP contribution in [-0.2, 0) is 38.0 Å². The van der Waals surface area contributed by atoms with Gasteiger partial charge in [0.25, 0.3) is 0 Å². The average Bonchev–Trinajstić information content (AvgIpc) is 3.08. The summed E-state index contributed by atoms with van der Waals surface area (Å²) in [6.07, 6.45) is -24.2. The monoisotopic (exact) mass is 720 g/mol. The van der Waals surface area contributed by atoms with E-state index in [1.807, 2.05) is 0 Å². The van der Waals surface area contributed by atoms with E-state index in [4.69, 9.17) is 28.4 Å². The number of rotatable bonds is 17. The fourth-order valence-corrected chi connectivity index (χ4v) is 5.41. The van der Waals surface area contributed by atoms with Crippen LogP contribution in [0.3, 0.4) is 0 Å². The molecule has 3 saturated heterocycles. The third-order valence-corrected chi connectivity index (χ3v) is 8.33. The van der Waals surface area contributed by atoms with Gasteiger partial charge in [-0.1, -0.05) is 0 Å². The van der Waals surface area contributed by atoms with Gasteiger partial charge in [0.1, 0.15) is 73.2 Å². The molecule has 6 unspecified atom stereocenters. The quantitative estimate of drug-likeness (QED) is 0.0490. The highest BCUT2D eigenvalue weighted by molar-refractivity contribution is 7.81. The number of ether oxygens (including phenoxy) is 6. The minimum absolute atomic E-state index is 0.0654. The van der Waals surface area contributed by atoms with E-state index in [1.54, 1.807) is 0 Å². The first-order valence-electron chi connectivity index (χ1n) is 15.5. The van der Waals surface area contributed by atoms with Crippen LogP contribution in [0.2, 0.25) is 0 Å². The largest absolute Gasteiger partial charge is 0.394 e. The third-order valence-electron chi connectivity index (χ3n) is 8.04. The van der Waals surface area contributed by atoms with E-state index in [0.29, 0.717) is 19.5 Å². The summed E-state index contributed by atoms with van der Waals surface area (Å²) in [5.41, 5.74) is 0. The maximum absolute atomic E-state index is 12.0. The SMILES string of the molecule is O=C(CS)NCCCNC(=O)CCCO[C@@H]1OC(CO)[C@H](O[C@@H]2OC(CO)[C@H](O[C@@H]3OC(CO)[C@H](O)[C@H](O)C3O)[C@H](O)C2O)[C@H](O)C1O. The number of aliphatic hydroxyl groups is 10. The molecule has 15 atom stereocenters. The van der Waals surface area contributed by atoms with Gasteiger partial charge in [-0.15, -0.1) is 0 Å².